The highest BCUT2D eigenvalue weighted by Gasteiger charge is 2.25. The van der Waals surface area contributed by atoms with Gasteiger partial charge in [0.05, 0.1) is 17.8 Å². The largest absolute Gasteiger partial charge is 0.339 e. The highest BCUT2D eigenvalue weighted by molar-refractivity contribution is 7.89. The Hall–Kier alpha value is -2.79. The second kappa shape index (κ2) is 8.29. The Bertz CT molecular complexity index is 1160. The van der Waals surface area contributed by atoms with Crippen molar-refractivity contribution in [1.82, 2.24) is 14.6 Å². The molecule has 1 amide bonds. The van der Waals surface area contributed by atoms with Crippen molar-refractivity contribution >= 4 is 33.2 Å². The lowest BCUT2D eigenvalue weighted by Gasteiger charge is -2.16. The molecule has 0 fully saturated rings. The Balaban J connectivity index is 1.95. The van der Waals surface area contributed by atoms with Crippen LogP contribution < -0.4 is 5.32 Å². The average Bonchev–Trinajstić information content (AvgIpc) is 3.13. The van der Waals surface area contributed by atoms with E-state index in [9.17, 15) is 13.2 Å². The molecule has 0 aliphatic heterocycles. The number of sulfonamides is 1. The van der Waals surface area contributed by atoms with Crippen LogP contribution in [0.5, 0.6) is 0 Å². The Labute approximate surface area is 172 Å². The predicted octanol–water partition coefficient (Wildman–Crippen LogP) is 3.13. The van der Waals surface area contributed by atoms with Gasteiger partial charge in [0, 0.05) is 25.1 Å². The highest BCUT2D eigenvalue weighted by Crippen LogP contribution is 2.28. The first-order chi connectivity index (χ1) is 13.7. The molecule has 0 bridgehead atoms. The van der Waals surface area contributed by atoms with E-state index in [0.29, 0.717) is 27.4 Å². The van der Waals surface area contributed by atoms with E-state index in [-0.39, 0.29) is 15.5 Å². The third-order valence-corrected chi connectivity index (χ3v) is 6.17. The number of hydrogen-bond acceptors (Lipinski definition) is 7. The lowest BCUT2D eigenvalue weighted by molar-refractivity contribution is -0.0258. The van der Waals surface area contributed by atoms with Gasteiger partial charge in [0.1, 0.15) is 4.90 Å². The zero-order valence-corrected chi connectivity index (χ0v) is 17.3. The van der Waals surface area contributed by atoms with Gasteiger partial charge in [-0.15, -0.1) is 0 Å². The minimum absolute atomic E-state index is 0.0341. The maximum atomic E-state index is 12.8. The molecule has 2 aromatic carbocycles. The summed E-state index contributed by atoms with van der Waals surface area (Å²) in [5.41, 5.74) is 1.09. The fourth-order valence-corrected chi connectivity index (χ4v) is 3.94. The Morgan fingerprint density at radius 2 is 1.97 bits per heavy atom. The molecule has 3 rings (SSSR count). The van der Waals surface area contributed by atoms with Gasteiger partial charge in [0.2, 0.25) is 11.7 Å². The molecule has 0 radical (unpaired) electrons. The monoisotopic (exact) mass is 436 g/mol. The fraction of sp³-hybridized carbons (Fsp3) is 0.167. The summed E-state index contributed by atoms with van der Waals surface area (Å²) in [6.45, 7) is 1.66. The zero-order valence-electron chi connectivity index (χ0n) is 15.7. The quantitative estimate of drug-likeness (QED) is 0.590. The SMILES string of the molecule is CON(C)S(=O)(=O)c1cc(C(=O)Nc2ccccc2-c2noc(C)n2)ccc1Cl. The van der Waals surface area contributed by atoms with E-state index in [1.54, 1.807) is 31.2 Å². The lowest BCUT2D eigenvalue weighted by atomic mass is 10.1. The molecular weight excluding hydrogens is 420 g/mol. The topological polar surface area (TPSA) is 115 Å². The summed E-state index contributed by atoms with van der Waals surface area (Å²) >= 11 is 6.03. The van der Waals surface area contributed by atoms with Crippen molar-refractivity contribution in [3.8, 4) is 11.4 Å². The summed E-state index contributed by atoms with van der Waals surface area (Å²) < 4.78 is 30.7. The number of carbonyl (C=O) groups excluding carboxylic acids is 1. The molecule has 3 aromatic rings. The molecule has 9 nitrogen and oxygen atoms in total. The summed E-state index contributed by atoms with van der Waals surface area (Å²) in [6, 6.07) is 10.8. The van der Waals surface area contributed by atoms with E-state index in [1.165, 1.54) is 32.4 Å². The van der Waals surface area contributed by atoms with E-state index in [1.807, 2.05) is 0 Å². The summed E-state index contributed by atoms with van der Waals surface area (Å²) in [5.74, 6) is 0.168. The van der Waals surface area contributed by atoms with Crippen molar-refractivity contribution in [3.05, 3.63) is 58.9 Å². The Kier molecular flexibility index (Phi) is 5.99. The molecule has 152 valence electrons. The number of nitrogens with zero attached hydrogens (tertiary/aromatic N) is 3. The zero-order chi connectivity index (χ0) is 21.2. The number of anilines is 1. The molecule has 0 atom stereocenters. The molecule has 1 aromatic heterocycles. The molecule has 0 aliphatic rings. The number of halogens is 1. The molecule has 0 saturated carbocycles. The number of hydroxylamine groups is 1. The minimum Gasteiger partial charge on any atom is -0.339 e. The molecule has 1 N–H and O–H groups in total. The van der Waals surface area contributed by atoms with Crippen LogP contribution in [0.25, 0.3) is 11.4 Å². The van der Waals surface area contributed by atoms with Crippen LogP contribution in [0.3, 0.4) is 0 Å². The number of rotatable bonds is 6. The van der Waals surface area contributed by atoms with Gasteiger partial charge in [0.25, 0.3) is 15.9 Å². The van der Waals surface area contributed by atoms with Crippen molar-refractivity contribution in [2.45, 2.75) is 11.8 Å². The fourth-order valence-electron chi connectivity index (χ4n) is 2.47. The highest BCUT2D eigenvalue weighted by atomic mass is 35.5. The maximum Gasteiger partial charge on any atom is 0.266 e. The van der Waals surface area contributed by atoms with E-state index in [4.69, 9.17) is 21.0 Å². The number of benzene rings is 2. The first kappa shape index (κ1) is 20.9. The van der Waals surface area contributed by atoms with Crippen molar-refractivity contribution in [3.63, 3.8) is 0 Å². The van der Waals surface area contributed by atoms with Gasteiger partial charge in [-0.1, -0.05) is 33.4 Å². The van der Waals surface area contributed by atoms with Gasteiger partial charge in [-0.3, -0.25) is 9.63 Å². The standard InChI is InChI=1S/C18H17ClN4O5S/c1-11-20-17(22-28-11)13-6-4-5-7-15(13)21-18(24)12-8-9-14(19)16(10-12)29(25,26)23(2)27-3/h4-10H,1-3H3,(H,21,24). The lowest BCUT2D eigenvalue weighted by Crippen LogP contribution is -2.26. The maximum absolute atomic E-state index is 12.8. The second-order valence-electron chi connectivity index (χ2n) is 5.88. The van der Waals surface area contributed by atoms with Crippen LogP contribution in [0, 0.1) is 6.92 Å². The predicted molar refractivity (Wildman–Crippen MR) is 106 cm³/mol. The number of aryl methyl sites for hydroxylation is 1. The smallest absolute Gasteiger partial charge is 0.266 e. The summed E-state index contributed by atoms with van der Waals surface area (Å²) in [7, 11) is -1.60. The van der Waals surface area contributed by atoms with Gasteiger partial charge < -0.3 is 9.84 Å². The van der Waals surface area contributed by atoms with Crippen molar-refractivity contribution in [2.24, 2.45) is 0 Å². The number of nitrogens with one attached hydrogen (secondary N) is 1. The first-order valence-corrected chi connectivity index (χ1v) is 10.1. The van der Waals surface area contributed by atoms with Crippen LogP contribution >= 0.6 is 11.6 Å². The second-order valence-corrected chi connectivity index (χ2v) is 8.19. The molecular formula is C18H17ClN4O5S. The third-order valence-electron chi connectivity index (χ3n) is 4.01. The van der Waals surface area contributed by atoms with Crippen LogP contribution in [-0.2, 0) is 14.9 Å². The molecule has 0 unspecified atom stereocenters. The van der Waals surface area contributed by atoms with Gasteiger partial charge >= 0.3 is 0 Å². The molecule has 1 heterocycles. The molecule has 0 saturated heterocycles. The van der Waals surface area contributed by atoms with Crippen LogP contribution in [-0.4, -0.2) is 43.1 Å². The molecule has 0 spiro atoms. The molecule has 11 heteroatoms. The van der Waals surface area contributed by atoms with Crippen molar-refractivity contribution in [2.75, 3.05) is 19.5 Å². The summed E-state index contributed by atoms with van der Waals surface area (Å²) in [6.07, 6.45) is 0. The number of hydrogen-bond donors (Lipinski definition) is 1. The number of carbonyl (C=O) groups is 1. The van der Waals surface area contributed by atoms with Gasteiger partial charge in [0.15, 0.2) is 0 Å². The van der Waals surface area contributed by atoms with Crippen LogP contribution in [0.4, 0.5) is 5.69 Å². The summed E-state index contributed by atoms with van der Waals surface area (Å²) in [4.78, 5) is 21.4. The van der Waals surface area contributed by atoms with E-state index in [0.717, 1.165) is 0 Å². The van der Waals surface area contributed by atoms with Gasteiger partial charge in [-0.05, 0) is 30.3 Å². The van der Waals surface area contributed by atoms with Crippen LogP contribution in [0.2, 0.25) is 5.02 Å². The Morgan fingerprint density at radius 1 is 1.24 bits per heavy atom. The Morgan fingerprint density at radius 3 is 2.62 bits per heavy atom. The number of para-hydroxylation sites is 1. The number of amides is 1. The molecule has 0 aliphatic carbocycles. The average molecular weight is 437 g/mol. The first-order valence-electron chi connectivity index (χ1n) is 8.27. The van der Waals surface area contributed by atoms with Gasteiger partial charge in [-0.2, -0.15) is 4.98 Å². The summed E-state index contributed by atoms with van der Waals surface area (Å²) in [5, 5.41) is 6.56. The minimum atomic E-state index is -4.03. The normalized spacial score (nSPS) is 11.6. The molecule has 29 heavy (non-hydrogen) atoms. The van der Waals surface area contributed by atoms with E-state index >= 15 is 0 Å². The van der Waals surface area contributed by atoms with E-state index < -0.39 is 15.9 Å². The van der Waals surface area contributed by atoms with Gasteiger partial charge in [-0.25, -0.2) is 8.42 Å². The van der Waals surface area contributed by atoms with Crippen molar-refractivity contribution in [1.29, 1.82) is 0 Å². The van der Waals surface area contributed by atoms with E-state index in [2.05, 4.69) is 15.5 Å². The third kappa shape index (κ3) is 4.30. The number of aromatic nitrogens is 2. The van der Waals surface area contributed by atoms with Crippen LogP contribution in [0.1, 0.15) is 16.2 Å². The van der Waals surface area contributed by atoms with Crippen LogP contribution in [0.15, 0.2) is 51.9 Å². The van der Waals surface area contributed by atoms with Crippen molar-refractivity contribution < 1.29 is 22.6 Å².